The predicted molar refractivity (Wildman–Crippen MR) is 114 cm³/mol. The van der Waals surface area contributed by atoms with Gasteiger partial charge in [0, 0.05) is 25.2 Å². The van der Waals surface area contributed by atoms with E-state index in [4.69, 9.17) is 4.74 Å². The van der Waals surface area contributed by atoms with Gasteiger partial charge in [-0.1, -0.05) is 18.2 Å². The lowest BCUT2D eigenvalue weighted by Gasteiger charge is -2.35. The van der Waals surface area contributed by atoms with Gasteiger partial charge in [0.1, 0.15) is 5.75 Å². The van der Waals surface area contributed by atoms with Crippen molar-refractivity contribution in [2.75, 3.05) is 30.4 Å². The lowest BCUT2D eigenvalue weighted by atomic mass is 9.91. The Labute approximate surface area is 175 Å². The van der Waals surface area contributed by atoms with E-state index in [9.17, 15) is 14.4 Å². The molecule has 0 saturated carbocycles. The molecular weight excluding hydrogens is 382 g/mol. The van der Waals surface area contributed by atoms with E-state index in [0.29, 0.717) is 31.5 Å². The van der Waals surface area contributed by atoms with Crippen LogP contribution in [0.15, 0.2) is 36.4 Å². The molecule has 0 saturated heterocycles. The zero-order chi connectivity index (χ0) is 21.1. The summed E-state index contributed by atoms with van der Waals surface area (Å²) in [7, 11) is 1.60. The maximum Gasteiger partial charge on any atom is 0.313 e. The zero-order valence-corrected chi connectivity index (χ0v) is 17.0. The number of hydrogen-bond donors (Lipinski definition) is 2. The quantitative estimate of drug-likeness (QED) is 0.744. The van der Waals surface area contributed by atoms with Gasteiger partial charge in [0.15, 0.2) is 0 Å². The van der Waals surface area contributed by atoms with Gasteiger partial charge in [-0.2, -0.15) is 0 Å². The summed E-state index contributed by atoms with van der Waals surface area (Å²) in [6, 6.07) is 11.3. The van der Waals surface area contributed by atoms with E-state index in [1.165, 1.54) is 0 Å². The number of carbonyl (C=O) groups excluding carboxylic acids is 3. The predicted octanol–water partition coefficient (Wildman–Crippen LogP) is 2.22. The average molecular weight is 407 g/mol. The van der Waals surface area contributed by atoms with Crippen LogP contribution >= 0.6 is 0 Å². The minimum atomic E-state index is -0.693. The first-order valence-corrected chi connectivity index (χ1v) is 10.2. The van der Waals surface area contributed by atoms with Gasteiger partial charge in [-0.3, -0.25) is 14.4 Å². The summed E-state index contributed by atoms with van der Waals surface area (Å²) in [6.07, 6.45) is 3.47. The molecule has 2 aliphatic heterocycles. The van der Waals surface area contributed by atoms with E-state index in [1.807, 2.05) is 41.3 Å². The van der Waals surface area contributed by atoms with E-state index >= 15 is 0 Å². The molecule has 2 aromatic rings. The molecule has 0 aliphatic carbocycles. The first-order valence-electron chi connectivity index (χ1n) is 10.2. The summed E-state index contributed by atoms with van der Waals surface area (Å²) in [4.78, 5) is 38.6. The van der Waals surface area contributed by atoms with Crippen LogP contribution in [0.1, 0.15) is 29.5 Å². The molecule has 30 heavy (non-hydrogen) atoms. The second kappa shape index (κ2) is 8.57. The van der Waals surface area contributed by atoms with Gasteiger partial charge in [-0.25, -0.2) is 0 Å². The number of amides is 3. The summed E-state index contributed by atoms with van der Waals surface area (Å²) in [5.74, 6) is -0.448. The Morgan fingerprint density at radius 3 is 2.63 bits per heavy atom. The molecule has 156 valence electrons. The fourth-order valence-corrected chi connectivity index (χ4v) is 4.21. The standard InChI is InChI=1S/C23H25N3O4/c1-30-19-7-3-2-5-15(19)10-11-24-22(28)23(29)25-18-13-16-6-4-12-26-20(27)9-8-17(14-18)21(16)26/h2-3,5,7,13-14H,4,6,8-12H2,1H3,(H,24,28)(H,25,29). The van der Waals surface area contributed by atoms with Gasteiger partial charge >= 0.3 is 11.8 Å². The Kier molecular flexibility index (Phi) is 5.70. The Morgan fingerprint density at radius 2 is 1.83 bits per heavy atom. The third-order valence-electron chi connectivity index (χ3n) is 5.61. The van der Waals surface area contributed by atoms with Crippen molar-refractivity contribution >= 4 is 29.1 Å². The summed E-state index contributed by atoms with van der Waals surface area (Å²) in [6.45, 7) is 1.08. The number of para-hydroxylation sites is 1. The van der Waals surface area contributed by atoms with E-state index in [-0.39, 0.29) is 5.91 Å². The highest BCUT2D eigenvalue weighted by Gasteiger charge is 2.30. The Balaban J connectivity index is 1.38. The maximum atomic E-state index is 12.4. The van der Waals surface area contributed by atoms with E-state index in [1.54, 1.807) is 7.11 Å². The van der Waals surface area contributed by atoms with Crippen LogP contribution in [0.3, 0.4) is 0 Å². The van der Waals surface area contributed by atoms with Crippen molar-refractivity contribution in [3.63, 3.8) is 0 Å². The molecule has 4 rings (SSSR count). The lowest BCUT2D eigenvalue weighted by Crippen LogP contribution is -2.39. The second-order valence-corrected chi connectivity index (χ2v) is 7.56. The average Bonchev–Trinajstić information content (AvgIpc) is 2.76. The van der Waals surface area contributed by atoms with Crippen LogP contribution in [-0.2, 0) is 33.6 Å². The third-order valence-corrected chi connectivity index (χ3v) is 5.61. The highest BCUT2D eigenvalue weighted by molar-refractivity contribution is 6.39. The monoisotopic (exact) mass is 407 g/mol. The number of nitrogens with one attached hydrogen (secondary N) is 2. The number of hydrogen-bond acceptors (Lipinski definition) is 4. The normalized spacial score (nSPS) is 14.7. The smallest absolute Gasteiger partial charge is 0.313 e. The van der Waals surface area contributed by atoms with E-state index in [0.717, 1.165) is 47.5 Å². The molecule has 0 spiro atoms. The lowest BCUT2D eigenvalue weighted by molar-refractivity contribution is -0.136. The first kappa shape index (κ1) is 19.9. The number of anilines is 2. The van der Waals surface area contributed by atoms with Crippen LogP contribution in [0.25, 0.3) is 0 Å². The van der Waals surface area contributed by atoms with Crippen molar-refractivity contribution < 1.29 is 19.1 Å². The van der Waals surface area contributed by atoms with Crippen molar-refractivity contribution in [1.82, 2.24) is 5.32 Å². The molecule has 0 fully saturated rings. The van der Waals surface area contributed by atoms with Crippen LogP contribution in [0.4, 0.5) is 11.4 Å². The molecule has 0 bridgehead atoms. The molecule has 2 aromatic carbocycles. The number of carbonyl (C=O) groups is 3. The van der Waals surface area contributed by atoms with Crippen molar-refractivity contribution in [2.24, 2.45) is 0 Å². The zero-order valence-electron chi connectivity index (χ0n) is 17.0. The molecule has 0 radical (unpaired) electrons. The van der Waals surface area contributed by atoms with Gasteiger partial charge in [0.05, 0.1) is 12.8 Å². The van der Waals surface area contributed by atoms with Gasteiger partial charge in [0.25, 0.3) is 0 Å². The molecule has 2 aliphatic rings. The fourth-order valence-electron chi connectivity index (χ4n) is 4.21. The molecule has 2 N–H and O–H groups in total. The minimum Gasteiger partial charge on any atom is -0.496 e. The summed E-state index contributed by atoms with van der Waals surface area (Å²) >= 11 is 0. The Morgan fingerprint density at radius 1 is 1.07 bits per heavy atom. The molecule has 3 amide bonds. The molecular formula is C23H25N3O4. The van der Waals surface area contributed by atoms with Crippen molar-refractivity contribution in [3.8, 4) is 5.75 Å². The first-order chi connectivity index (χ1) is 14.6. The molecule has 7 nitrogen and oxygen atoms in total. The Bertz CT molecular complexity index is 985. The summed E-state index contributed by atoms with van der Waals surface area (Å²) in [5, 5.41) is 5.37. The molecule has 0 atom stereocenters. The molecule has 0 unspecified atom stereocenters. The topological polar surface area (TPSA) is 87.7 Å². The summed E-state index contributed by atoms with van der Waals surface area (Å²) in [5.41, 5.74) is 4.67. The minimum absolute atomic E-state index is 0.162. The summed E-state index contributed by atoms with van der Waals surface area (Å²) < 4.78 is 5.30. The van der Waals surface area contributed by atoms with Crippen molar-refractivity contribution in [2.45, 2.75) is 32.1 Å². The number of methoxy groups -OCH3 is 1. The van der Waals surface area contributed by atoms with Crippen LogP contribution in [-0.4, -0.2) is 37.9 Å². The molecule has 7 heteroatoms. The largest absolute Gasteiger partial charge is 0.496 e. The fraction of sp³-hybridized carbons (Fsp3) is 0.348. The number of rotatable bonds is 5. The van der Waals surface area contributed by atoms with E-state index in [2.05, 4.69) is 10.6 Å². The number of benzene rings is 2. The van der Waals surface area contributed by atoms with Crippen molar-refractivity contribution in [3.05, 3.63) is 53.1 Å². The Hall–Kier alpha value is -3.35. The maximum absolute atomic E-state index is 12.4. The SMILES string of the molecule is COc1ccccc1CCNC(=O)C(=O)Nc1cc2c3c(c1)CCC(=O)N3CCC2. The molecule has 0 aromatic heterocycles. The van der Waals surface area contributed by atoms with Crippen LogP contribution in [0, 0.1) is 0 Å². The second-order valence-electron chi connectivity index (χ2n) is 7.56. The number of aryl methyl sites for hydroxylation is 2. The highest BCUT2D eigenvalue weighted by Crippen LogP contribution is 2.37. The number of nitrogens with zero attached hydrogens (tertiary/aromatic N) is 1. The van der Waals surface area contributed by atoms with Crippen LogP contribution in [0.2, 0.25) is 0 Å². The highest BCUT2D eigenvalue weighted by atomic mass is 16.5. The van der Waals surface area contributed by atoms with Gasteiger partial charge in [0.2, 0.25) is 5.91 Å². The molecule has 2 heterocycles. The van der Waals surface area contributed by atoms with Crippen LogP contribution in [0.5, 0.6) is 5.75 Å². The van der Waals surface area contributed by atoms with Gasteiger partial charge in [-0.05, 0) is 60.6 Å². The van der Waals surface area contributed by atoms with E-state index < -0.39 is 11.8 Å². The van der Waals surface area contributed by atoms with Crippen LogP contribution < -0.4 is 20.3 Å². The van der Waals surface area contributed by atoms with Crippen molar-refractivity contribution in [1.29, 1.82) is 0 Å². The number of ether oxygens (including phenoxy) is 1. The third kappa shape index (κ3) is 4.01. The van der Waals surface area contributed by atoms with Gasteiger partial charge in [-0.15, -0.1) is 0 Å². The van der Waals surface area contributed by atoms with Gasteiger partial charge < -0.3 is 20.3 Å².